The average molecular weight is 823 g/mol. The zero-order chi connectivity index (χ0) is 45.2. The molecule has 0 fully saturated rings. The molecule has 0 N–H and O–H groups in total. The van der Waals surface area contributed by atoms with Crippen molar-refractivity contribution in [3.63, 3.8) is 0 Å². The van der Waals surface area contributed by atoms with Crippen molar-refractivity contribution in [2.24, 2.45) is 0 Å². The Morgan fingerprint density at radius 3 is 1.36 bits per heavy atom. The molecule has 0 atom stereocenters. The maximum absolute atomic E-state index is 6.97. The van der Waals surface area contributed by atoms with Gasteiger partial charge >= 0.3 is 0 Å². The van der Waals surface area contributed by atoms with Crippen molar-refractivity contribution in [2.45, 2.75) is 0 Å². The number of thiophene rings is 1. The number of nitrogens with zero attached hydrogens (tertiary/aromatic N) is 3. The van der Waals surface area contributed by atoms with E-state index in [4.69, 9.17) is 19.4 Å². The van der Waals surface area contributed by atoms with Crippen LogP contribution in [0.2, 0.25) is 0 Å². The van der Waals surface area contributed by atoms with Crippen LogP contribution in [0.4, 0.5) is 0 Å². The van der Waals surface area contributed by atoms with Crippen LogP contribution in [0.25, 0.3) is 98.5 Å². The minimum Gasteiger partial charge on any atom is -0.457 e. The number of hydrogen-bond donors (Lipinski definition) is 0. The second-order valence-corrected chi connectivity index (χ2v) is 19.4. The highest BCUT2D eigenvalue weighted by Gasteiger charge is 2.27. The maximum Gasteiger partial charge on any atom is 0.164 e. The van der Waals surface area contributed by atoms with Gasteiger partial charge in [-0.2, -0.15) is 0 Å². The highest BCUT2D eigenvalue weighted by Crippen LogP contribution is 2.36. The molecule has 7 aromatic carbocycles. The molecule has 10 rings (SSSR count). The topological polar surface area (TPSA) is 51.8 Å². The molecule has 290 valence electrons. The van der Waals surface area contributed by atoms with Crippen molar-refractivity contribution >= 4 is 240 Å². The summed E-state index contributed by atoms with van der Waals surface area (Å²) >= 11 is 1.91. The number of rotatable bonds is 5. The number of aromatic nitrogens is 3. The van der Waals surface area contributed by atoms with Crippen LogP contribution in [0.1, 0.15) is 0 Å². The molecule has 0 unspecified atom stereocenters. The van der Waals surface area contributed by atoms with Crippen LogP contribution in [0.5, 0.6) is 0 Å². The Kier molecular flexibility index (Phi) is 10.3. The lowest BCUT2D eigenvalue weighted by Crippen LogP contribution is -2.47. The smallest absolute Gasteiger partial charge is 0.164 e. The summed E-state index contributed by atoms with van der Waals surface area (Å²) in [6.45, 7) is 0. The molecule has 0 spiro atoms. The Balaban J connectivity index is 1.26. The van der Waals surface area contributed by atoms with E-state index < -0.39 is 0 Å². The van der Waals surface area contributed by atoms with Crippen molar-refractivity contribution in [2.75, 3.05) is 0 Å². The predicted molar refractivity (Wildman–Crippen MR) is 322 cm³/mol. The van der Waals surface area contributed by atoms with E-state index >= 15 is 0 Å². The van der Waals surface area contributed by atoms with Crippen molar-refractivity contribution in [3.05, 3.63) is 78.9 Å². The molecule has 64 heavy (non-hydrogen) atoms. The maximum atomic E-state index is 6.97. The fraction of sp³-hybridized carbons (Fsp3) is 0. The van der Waals surface area contributed by atoms with Gasteiger partial charge in [0.2, 0.25) is 0 Å². The van der Waals surface area contributed by atoms with E-state index in [2.05, 4.69) is 189 Å². The number of furan rings is 1. The van der Waals surface area contributed by atoms with Gasteiger partial charge < -0.3 is 4.42 Å². The summed E-state index contributed by atoms with van der Waals surface area (Å²) in [5.41, 5.74) is 27.2. The molecule has 0 bridgehead atoms. The van der Waals surface area contributed by atoms with Crippen molar-refractivity contribution in [1.29, 1.82) is 0 Å². The SMILES string of the molecule is Bc1c(B)c(B)c2c(oc3c(B)c(-c4nc(-c5ccc(-c6cccc(-c7ccccc7)c6)cc5)nc(-c5c(B)c(B)c(B)c6sc7c(B)c(B)c(B)c(B)c7c56)n4)c(B)c(B)c32)c1B. The van der Waals surface area contributed by atoms with Gasteiger partial charge in [-0.15, -0.1) is 27.7 Å². The van der Waals surface area contributed by atoms with Gasteiger partial charge in [-0.1, -0.05) is 127 Å². The summed E-state index contributed by atoms with van der Waals surface area (Å²) in [5.74, 6) is 2.00. The lowest BCUT2D eigenvalue weighted by molar-refractivity contribution is 0.675. The average Bonchev–Trinajstić information content (AvgIpc) is 3.92. The Bertz CT molecular complexity index is 3670. The molecular formula is C45H41B14N3OS. The third-order valence-corrected chi connectivity index (χ3v) is 16.7. The Morgan fingerprint density at radius 2 is 0.734 bits per heavy atom. The van der Waals surface area contributed by atoms with Crippen LogP contribution >= 0.6 is 11.3 Å². The van der Waals surface area contributed by atoms with Gasteiger partial charge in [0.15, 0.2) is 17.5 Å². The normalized spacial score (nSPS) is 11.7. The standard InChI is InChI=1S/C45H41B14N3OS/c46-25-20-21-26(47)31(52)34(55)36(57)40(21)63-39(20)30(51)24(29(25)50)45-61-43(16-11-9-15(10-12-16)18-8-4-7-17(13-18)14-5-2-1-3-6-14)60-44(62-45)23-19-22-27(48)32(53)35(56)38(59)42(22)64-41(19)37(58)33(54)28(23)49/h1-13H,46-59H2. The zero-order valence-corrected chi connectivity index (χ0v) is 40.5. The number of hydrogen-bond acceptors (Lipinski definition) is 5. The minimum absolute atomic E-state index is 0.647. The molecule has 3 heterocycles. The Morgan fingerprint density at radius 1 is 0.312 bits per heavy atom. The molecule has 0 saturated carbocycles. The fourth-order valence-corrected chi connectivity index (χ4v) is 11.8. The largest absolute Gasteiger partial charge is 0.457 e. The molecular weight excluding hydrogens is 782 g/mol. The molecule has 10 aromatic rings. The van der Waals surface area contributed by atoms with Crippen LogP contribution in [0.15, 0.2) is 83.3 Å². The third kappa shape index (κ3) is 6.27. The first-order valence-electron chi connectivity index (χ1n) is 22.5. The highest BCUT2D eigenvalue weighted by atomic mass is 32.1. The van der Waals surface area contributed by atoms with Gasteiger partial charge in [-0.25, -0.2) is 15.0 Å². The third-order valence-electron chi connectivity index (χ3n) is 15.3. The first-order valence-corrected chi connectivity index (χ1v) is 23.3. The minimum atomic E-state index is 0.647. The first-order chi connectivity index (χ1) is 30.6. The quantitative estimate of drug-likeness (QED) is 0.162. The van der Waals surface area contributed by atoms with E-state index in [1.54, 1.807) is 0 Å². The number of benzene rings is 7. The van der Waals surface area contributed by atoms with Crippen molar-refractivity contribution < 1.29 is 4.42 Å². The van der Waals surface area contributed by atoms with E-state index in [0.717, 1.165) is 49.9 Å². The molecule has 4 nitrogen and oxygen atoms in total. The first kappa shape index (κ1) is 42.4. The van der Waals surface area contributed by atoms with Gasteiger partial charge in [0.1, 0.15) is 121 Å². The molecule has 0 radical (unpaired) electrons. The van der Waals surface area contributed by atoms with Crippen LogP contribution in [-0.2, 0) is 0 Å². The Labute approximate surface area is 392 Å². The summed E-state index contributed by atoms with van der Waals surface area (Å²) in [5, 5.41) is 4.96. The summed E-state index contributed by atoms with van der Waals surface area (Å²) in [6.07, 6.45) is 0. The van der Waals surface area contributed by atoms with Crippen LogP contribution in [0, 0.1) is 0 Å². The van der Waals surface area contributed by atoms with Crippen LogP contribution < -0.4 is 76.5 Å². The number of fused-ring (bicyclic) bond motifs is 6. The van der Waals surface area contributed by atoms with E-state index in [9.17, 15) is 0 Å². The molecule has 0 aliphatic carbocycles. The molecule has 0 aliphatic heterocycles. The molecule has 0 amide bonds. The van der Waals surface area contributed by atoms with Crippen molar-refractivity contribution in [3.8, 4) is 56.4 Å². The van der Waals surface area contributed by atoms with Crippen LogP contribution in [-0.4, -0.2) is 125 Å². The Hall–Kier alpha value is -5.52. The van der Waals surface area contributed by atoms with Gasteiger partial charge in [0, 0.05) is 42.2 Å². The van der Waals surface area contributed by atoms with Gasteiger partial charge in [0.25, 0.3) is 0 Å². The van der Waals surface area contributed by atoms with Crippen molar-refractivity contribution in [1.82, 2.24) is 15.0 Å². The van der Waals surface area contributed by atoms with Gasteiger partial charge in [-0.05, 0) is 39.2 Å². The van der Waals surface area contributed by atoms with E-state index in [1.165, 1.54) is 108 Å². The second-order valence-electron chi connectivity index (χ2n) is 18.4. The summed E-state index contributed by atoms with van der Waals surface area (Å²) in [6, 6.07) is 28.0. The summed E-state index contributed by atoms with van der Waals surface area (Å²) < 4.78 is 9.62. The highest BCUT2D eigenvalue weighted by molar-refractivity contribution is 7.28. The molecule has 0 aliphatic rings. The second kappa shape index (κ2) is 15.6. The van der Waals surface area contributed by atoms with Crippen LogP contribution in [0.3, 0.4) is 0 Å². The van der Waals surface area contributed by atoms with Gasteiger partial charge in [0.05, 0.1) is 0 Å². The molecule has 3 aromatic heterocycles. The molecule has 0 saturated heterocycles. The van der Waals surface area contributed by atoms with E-state index in [0.29, 0.717) is 17.5 Å². The van der Waals surface area contributed by atoms with Gasteiger partial charge in [-0.3, -0.25) is 0 Å². The predicted octanol–water partition coefficient (Wildman–Crippen LogP) is -11.9. The lowest BCUT2D eigenvalue weighted by atomic mass is 9.64. The molecule has 19 heteroatoms. The van der Waals surface area contributed by atoms with E-state index in [1.807, 2.05) is 11.3 Å². The summed E-state index contributed by atoms with van der Waals surface area (Å²) in [4.78, 5) is 16.5. The lowest BCUT2D eigenvalue weighted by Gasteiger charge is -2.19. The monoisotopic (exact) mass is 825 g/mol. The van der Waals surface area contributed by atoms with E-state index in [-0.39, 0.29) is 0 Å². The summed E-state index contributed by atoms with van der Waals surface area (Å²) in [7, 11) is 31.4. The zero-order valence-electron chi connectivity index (χ0n) is 39.7. The fourth-order valence-electron chi connectivity index (χ4n) is 10.3.